The molecule has 5 heteroatoms. The highest BCUT2D eigenvalue weighted by atomic mass is 19.2. The lowest BCUT2D eigenvalue weighted by molar-refractivity contribution is 0.402. The van der Waals surface area contributed by atoms with Crippen LogP contribution in [-0.4, -0.2) is 19.0 Å². The zero-order valence-electron chi connectivity index (χ0n) is 11.3. The first-order valence-electron chi connectivity index (χ1n) is 6.11. The molecule has 1 N–H and O–H groups in total. The lowest BCUT2D eigenvalue weighted by Gasteiger charge is -2.11. The van der Waals surface area contributed by atoms with Crippen molar-refractivity contribution in [3.63, 3.8) is 0 Å². The van der Waals surface area contributed by atoms with E-state index in [0.717, 1.165) is 18.2 Å². The topological polar surface area (TPSA) is 15.3 Å². The monoisotopic (exact) mass is 280 g/mol. The van der Waals surface area contributed by atoms with E-state index in [9.17, 15) is 13.2 Å². The number of nitrogens with one attached hydrogen (secondary N) is 1. The Kier molecular flexibility index (Phi) is 4.29. The summed E-state index contributed by atoms with van der Waals surface area (Å²) in [4.78, 5) is 2.03. The number of halogens is 3. The third-order valence-electron chi connectivity index (χ3n) is 2.77. The molecule has 0 saturated carbocycles. The molecule has 0 atom stereocenters. The minimum absolute atomic E-state index is 0.0933. The highest BCUT2D eigenvalue weighted by molar-refractivity contribution is 5.60. The molecule has 0 aromatic heterocycles. The molecule has 2 aromatic rings. The first-order chi connectivity index (χ1) is 9.47. The van der Waals surface area contributed by atoms with E-state index in [-0.39, 0.29) is 5.69 Å². The third kappa shape index (κ3) is 3.30. The van der Waals surface area contributed by atoms with Crippen molar-refractivity contribution in [3.05, 3.63) is 59.4 Å². The molecule has 0 aliphatic carbocycles. The lowest BCUT2D eigenvalue weighted by Crippen LogP contribution is -2.10. The van der Waals surface area contributed by atoms with Crippen molar-refractivity contribution in [2.45, 2.75) is 6.54 Å². The Hall–Kier alpha value is -2.01. The van der Waals surface area contributed by atoms with Gasteiger partial charge in [-0.1, -0.05) is 12.1 Å². The average Bonchev–Trinajstić information content (AvgIpc) is 2.41. The summed E-state index contributed by atoms with van der Waals surface area (Å²) >= 11 is 0. The van der Waals surface area contributed by atoms with Crippen LogP contribution in [-0.2, 0) is 6.54 Å². The highest BCUT2D eigenvalue weighted by Gasteiger charge is 2.13. The van der Waals surface area contributed by atoms with Crippen LogP contribution >= 0.6 is 0 Å². The standard InChI is InChI=1S/C15H15F3N2/c1-20(2)9-10-3-5-11(6-4-10)19-13-8-7-12(16)14(17)15(13)18/h3-8,19H,9H2,1-2H3. The van der Waals surface area contributed by atoms with Crippen molar-refractivity contribution in [2.75, 3.05) is 19.4 Å². The smallest absolute Gasteiger partial charge is 0.196 e. The zero-order chi connectivity index (χ0) is 14.7. The first kappa shape index (κ1) is 14.4. The Labute approximate surface area is 115 Å². The predicted octanol–water partition coefficient (Wildman–Crippen LogP) is 3.91. The molecule has 0 spiro atoms. The van der Waals surface area contributed by atoms with E-state index in [2.05, 4.69) is 5.32 Å². The molecule has 2 rings (SSSR count). The molecular formula is C15H15F3N2. The van der Waals surface area contributed by atoms with Crippen molar-refractivity contribution in [3.8, 4) is 0 Å². The maximum atomic E-state index is 13.5. The van der Waals surface area contributed by atoms with E-state index < -0.39 is 17.5 Å². The summed E-state index contributed by atoms with van der Waals surface area (Å²) in [7, 11) is 3.92. The van der Waals surface area contributed by atoms with Gasteiger partial charge in [0.05, 0.1) is 5.69 Å². The van der Waals surface area contributed by atoms with Crippen LogP contribution in [0.5, 0.6) is 0 Å². The summed E-state index contributed by atoms with van der Waals surface area (Å²) in [5.41, 5.74) is 1.62. The van der Waals surface area contributed by atoms with Crippen LogP contribution in [0.3, 0.4) is 0 Å². The Morgan fingerprint density at radius 3 is 2.15 bits per heavy atom. The zero-order valence-corrected chi connectivity index (χ0v) is 11.3. The normalized spacial score (nSPS) is 10.9. The molecule has 0 amide bonds. The van der Waals surface area contributed by atoms with Crippen LogP contribution < -0.4 is 5.32 Å². The van der Waals surface area contributed by atoms with Crippen molar-refractivity contribution < 1.29 is 13.2 Å². The van der Waals surface area contributed by atoms with Gasteiger partial charge in [-0.25, -0.2) is 13.2 Å². The van der Waals surface area contributed by atoms with Crippen LogP contribution in [0.1, 0.15) is 5.56 Å². The van der Waals surface area contributed by atoms with Gasteiger partial charge < -0.3 is 10.2 Å². The van der Waals surface area contributed by atoms with Gasteiger partial charge in [0.2, 0.25) is 0 Å². The second-order valence-electron chi connectivity index (χ2n) is 4.78. The van der Waals surface area contributed by atoms with Gasteiger partial charge in [-0.3, -0.25) is 0 Å². The summed E-state index contributed by atoms with van der Waals surface area (Å²) < 4.78 is 39.4. The van der Waals surface area contributed by atoms with Crippen LogP contribution in [0, 0.1) is 17.5 Å². The Balaban J connectivity index is 2.16. The minimum atomic E-state index is -1.47. The summed E-state index contributed by atoms with van der Waals surface area (Å²) in [6, 6.07) is 9.36. The van der Waals surface area contributed by atoms with Crippen molar-refractivity contribution in [1.82, 2.24) is 4.90 Å². The molecule has 0 aliphatic heterocycles. The molecule has 2 aromatic carbocycles. The fourth-order valence-corrected chi connectivity index (χ4v) is 1.84. The lowest BCUT2D eigenvalue weighted by atomic mass is 10.2. The molecule has 2 nitrogen and oxygen atoms in total. The average molecular weight is 280 g/mol. The van der Waals surface area contributed by atoms with E-state index in [4.69, 9.17) is 0 Å². The molecular weight excluding hydrogens is 265 g/mol. The number of rotatable bonds is 4. The van der Waals surface area contributed by atoms with Gasteiger partial charge in [0.15, 0.2) is 17.5 Å². The van der Waals surface area contributed by atoms with Gasteiger partial charge in [0, 0.05) is 12.2 Å². The van der Waals surface area contributed by atoms with E-state index in [1.807, 2.05) is 31.1 Å². The molecule has 0 radical (unpaired) electrons. The maximum Gasteiger partial charge on any atom is 0.196 e. The summed E-state index contributed by atoms with van der Waals surface area (Å²) in [6.45, 7) is 0.791. The first-order valence-corrected chi connectivity index (χ1v) is 6.11. The largest absolute Gasteiger partial charge is 0.353 e. The molecule has 0 saturated heterocycles. The number of hydrogen-bond acceptors (Lipinski definition) is 2. The van der Waals surface area contributed by atoms with E-state index in [0.29, 0.717) is 5.69 Å². The van der Waals surface area contributed by atoms with E-state index in [1.54, 1.807) is 12.1 Å². The second kappa shape index (κ2) is 5.96. The number of nitrogens with zero attached hydrogens (tertiary/aromatic N) is 1. The maximum absolute atomic E-state index is 13.5. The number of anilines is 2. The van der Waals surface area contributed by atoms with Gasteiger partial charge in [0.1, 0.15) is 0 Å². The third-order valence-corrected chi connectivity index (χ3v) is 2.77. The van der Waals surface area contributed by atoms with Gasteiger partial charge >= 0.3 is 0 Å². The SMILES string of the molecule is CN(C)Cc1ccc(Nc2ccc(F)c(F)c2F)cc1. The Bertz CT molecular complexity index is 595. The molecule has 0 aliphatic rings. The Morgan fingerprint density at radius 1 is 0.900 bits per heavy atom. The fraction of sp³-hybridized carbons (Fsp3) is 0.200. The minimum Gasteiger partial charge on any atom is -0.353 e. The van der Waals surface area contributed by atoms with Gasteiger partial charge in [-0.2, -0.15) is 0 Å². The second-order valence-corrected chi connectivity index (χ2v) is 4.78. The van der Waals surface area contributed by atoms with Crippen LogP contribution in [0.25, 0.3) is 0 Å². The quantitative estimate of drug-likeness (QED) is 0.854. The summed E-state index contributed by atoms with van der Waals surface area (Å²) in [5.74, 6) is -3.89. The fourth-order valence-electron chi connectivity index (χ4n) is 1.84. The van der Waals surface area contributed by atoms with Crippen molar-refractivity contribution in [2.24, 2.45) is 0 Å². The van der Waals surface area contributed by atoms with Crippen molar-refractivity contribution >= 4 is 11.4 Å². The number of benzene rings is 2. The summed E-state index contributed by atoms with van der Waals surface area (Å²) in [5, 5.41) is 2.73. The molecule has 0 bridgehead atoms. The number of hydrogen-bond donors (Lipinski definition) is 1. The van der Waals surface area contributed by atoms with E-state index >= 15 is 0 Å². The predicted molar refractivity (Wildman–Crippen MR) is 73.4 cm³/mol. The molecule has 0 heterocycles. The van der Waals surface area contributed by atoms with E-state index in [1.165, 1.54) is 6.07 Å². The van der Waals surface area contributed by atoms with Crippen LogP contribution in [0.2, 0.25) is 0 Å². The highest BCUT2D eigenvalue weighted by Crippen LogP contribution is 2.23. The van der Waals surface area contributed by atoms with Gasteiger partial charge in [0.25, 0.3) is 0 Å². The summed E-state index contributed by atoms with van der Waals surface area (Å²) in [6.07, 6.45) is 0. The molecule has 20 heavy (non-hydrogen) atoms. The molecule has 106 valence electrons. The van der Waals surface area contributed by atoms with Gasteiger partial charge in [-0.15, -0.1) is 0 Å². The molecule has 0 unspecified atom stereocenters. The van der Waals surface area contributed by atoms with Gasteiger partial charge in [-0.05, 0) is 43.9 Å². The Morgan fingerprint density at radius 2 is 1.55 bits per heavy atom. The molecule has 0 fully saturated rings. The van der Waals surface area contributed by atoms with Crippen LogP contribution in [0.4, 0.5) is 24.5 Å². The van der Waals surface area contributed by atoms with Crippen molar-refractivity contribution in [1.29, 1.82) is 0 Å². The van der Waals surface area contributed by atoms with Crippen LogP contribution in [0.15, 0.2) is 36.4 Å².